The standard InChI is InChI=1S/C21H32N2O4/c1-14(2)12-17(22)20(25)27-21(26)18(13-15(3)4)23-19(24)11-10-16-8-6-5-7-9-16/h5-9,14-15,17-18H,10-13,22H2,1-4H3,(H,23,24)/t17-,18-/m0/s1. The molecular weight excluding hydrogens is 344 g/mol. The maximum Gasteiger partial charge on any atom is 0.336 e. The molecular formula is C21H32N2O4. The second-order valence-corrected chi connectivity index (χ2v) is 7.71. The Labute approximate surface area is 161 Å². The summed E-state index contributed by atoms with van der Waals surface area (Å²) in [4.78, 5) is 36.6. The van der Waals surface area contributed by atoms with Crippen LogP contribution in [0.4, 0.5) is 0 Å². The van der Waals surface area contributed by atoms with E-state index in [-0.39, 0.29) is 24.2 Å². The first-order chi connectivity index (χ1) is 12.7. The molecule has 150 valence electrons. The Kier molecular flexibility index (Phi) is 9.72. The zero-order valence-electron chi connectivity index (χ0n) is 16.7. The van der Waals surface area contributed by atoms with E-state index in [4.69, 9.17) is 10.5 Å². The van der Waals surface area contributed by atoms with Crippen LogP contribution >= 0.6 is 0 Å². The molecule has 0 aliphatic carbocycles. The average Bonchev–Trinajstić information content (AvgIpc) is 2.59. The molecule has 2 atom stereocenters. The molecule has 0 aliphatic heterocycles. The topological polar surface area (TPSA) is 98.5 Å². The summed E-state index contributed by atoms with van der Waals surface area (Å²) in [7, 11) is 0. The molecule has 0 bridgehead atoms. The van der Waals surface area contributed by atoms with Gasteiger partial charge in [0.15, 0.2) is 0 Å². The van der Waals surface area contributed by atoms with Crippen molar-refractivity contribution in [1.82, 2.24) is 5.32 Å². The van der Waals surface area contributed by atoms with Gasteiger partial charge in [0, 0.05) is 6.42 Å². The lowest BCUT2D eigenvalue weighted by molar-refractivity contribution is -0.163. The largest absolute Gasteiger partial charge is 0.390 e. The predicted molar refractivity (Wildman–Crippen MR) is 105 cm³/mol. The van der Waals surface area contributed by atoms with E-state index >= 15 is 0 Å². The number of nitrogens with two attached hydrogens (primary N) is 1. The minimum atomic E-state index is -0.858. The molecule has 0 aliphatic rings. The van der Waals surface area contributed by atoms with Gasteiger partial charge in [0.05, 0.1) is 0 Å². The number of amides is 1. The summed E-state index contributed by atoms with van der Waals surface area (Å²) in [6.07, 6.45) is 1.66. The van der Waals surface area contributed by atoms with Gasteiger partial charge in [-0.25, -0.2) is 9.59 Å². The monoisotopic (exact) mass is 376 g/mol. The van der Waals surface area contributed by atoms with Crippen molar-refractivity contribution in [2.24, 2.45) is 17.6 Å². The predicted octanol–water partition coefficient (Wildman–Crippen LogP) is 2.59. The Morgan fingerprint density at radius 1 is 0.963 bits per heavy atom. The molecule has 0 aromatic heterocycles. The van der Waals surface area contributed by atoms with E-state index in [1.807, 2.05) is 58.0 Å². The van der Waals surface area contributed by atoms with Crippen LogP contribution in [0.1, 0.15) is 52.5 Å². The van der Waals surface area contributed by atoms with E-state index < -0.39 is 24.0 Å². The molecule has 0 spiro atoms. The van der Waals surface area contributed by atoms with Gasteiger partial charge >= 0.3 is 11.9 Å². The fraction of sp³-hybridized carbons (Fsp3) is 0.571. The quantitative estimate of drug-likeness (QED) is 0.483. The molecule has 0 fully saturated rings. The summed E-state index contributed by atoms with van der Waals surface area (Å²) >= 11 is 0. The van der Waals surface area contributed by atoms with Crippen molar-refractivity contribution in [2.75, 3.05) is 0 Å². The second kappa shape index (κ2) is 11.5. The number of esters is 2. The Balaban J connectivity index is 2.61. The van der Waals surface area contributed by atoms with Gasteiger partial charge in [-0.3, -0.25) is 4.79 Å². The molecule has 1 amide bonds. The SMILES string of the molecule is CC(C)C[C@H](NC(=O)CCc1ccccc1)C(=O)OC(=O)[C@@H](N)CC(C)C. The highest BCUT2D eigenvalue weighted by Crippen LogP contribution is 2.10. The van der Waals surface area contributed by atoms with Crippen molar-refractivity contribution in [1.29, 1.82) is 0 Å². The Morgan fingerprint density at radius 3 is 2.11 bits per heavy atom. The van der Waals surface area contributed by atoms with E-state index in [9.17, 15) is 14.4 Å². The van der Waals surface area contributed by atoms with E-state index in [0.29, 0.717) is 19.3 Å². The molecule has 1 aromatic rings. The minimum absolute atomic E-state index is 0.149. The molecule has 6 nitrogen and oxygen atoms in total. The van der Waals surface area contributed by atoms with E-state index in [1.54, 1.807) is 0 Å². The first-order valence-electron chi connectivity index (χ1n) is 9.53. The molecule has 1 aromatic carbocycles. The normalized spacial score (nSPS) is 13.3. The molecule has 27 heavy (non-hydrogen) atoms. The molecule has 3 N–H and O–H groups in total. The fourth-order valence-corrected chi connectivity index (χ4v) is 2.70. The molecule has 1 rings (SSSR count). The van der Waals surface area contributed by atoms with Gasteiger partial charge in [-0.05, 0) is 36.7 Å². The van der Waals surface area contributed by atoms with Crippen LogP contribution in [0.3, 0.4) is 0 Å². The highest BCUT2D eigenvalue weighted by atomic mass is 16.6. The number of hydrogen-bond acceptors (Lipinski definition) is 5. The molecule has 0 radical (unpaired) electrons. The van der Waals surface area contributed by atoms with Crippen LogP contribution in [0.5, 0.6) is 0 Å². The molecule has 6 heteroatoms. The minimum Gasteiger partial charge on any atom is -0.390 e. The lowest BCUT2D eigenvalue weighted by atomic mass is 10.0. The van der Waals surface area contributed by atoms with Crippen LogP contribution in [0.15, 0.2) is 30.3 Å². The maximum absolute atomic E-state index is 12.4. The Bertz CT molecular complexity index is 614. The second-order valence-electron chi connectivity index (χ2n) is 7.71. The van der Waals surface area contributed by atoms with Crippen molar-refractivity contribution >= 4 is 17.8 Å². The third kappa shape index (κ3) is 9.33. The maximum atomic E-state index is 12.4. The zero-order chi connectivity index (χ0) is 20.4. The van der Waals surface area contributed by atoms with E-state index in [2.05, 4.69) is 5.32 Å². The highest BCUT2D eigenvalue weighted by molar-refractivity contribution is 5.92. The number of nitrogens with one attached hydrogen (secondary N) is 1. The van der Waals surface area contributed by atoms with Crippen LogP contribution in [-0.4, -0.2) is 29.9 Å². The number of carbonyl (C=O) groups excluding carboxylic acids is 3. The van der Waals surface area contributed by atoms with Gasteiger partial charge < -0.3 is 15.8 Å². The van der Waals surface area contributed by atoms with Gasteiger partial charge in [0.25, 0.3) is 0 Å². The summed E-state index contributed by atoms with van der Waals surface area (Å²) in [6, 6.07) is 7.94. The zero-order valence-corrected chi connectivity index (χ0v) is 16.7. The third-order valence-corrected chi connectivity index (χ3v) is 4.04. The number of carbonyl (C=O) groups is 3. The smallest absolute Gasteiger partial charge is 0.336 e. The number of benzene rings is 1. The summed E-state index contributed by atoms with van der Waals surface area (Å²) in [5.74, 6) is -1.38. The Hall–Kier alpha value is -2.21. The van der Waals surface area contributed by atoms with Gasteiger partial charge in [0.1, 0.15) is 12.1 Å². The molecule has 0 heterocycles. The van der Waals surface area contributed by atoms with Crippen molar-refractivity contribution in [3.05, 3.63) is 35.9 Å². The summed E-state index contributed by atoms with van der Waals surface area (Å²) in [5.41, 5.74) is 6.81. The van der Waals surface area contributed by atoms with Gasteiger partial charge in [-0.15, -0.1) is 0 Å². The highest BCUT2D eigenvalue weighted by Gasteiger charge is 2.27. The average molecular weight is 376 g/mol. The third-order valence-electron chi connectivity index (χ3n) is 4.04. The van der Waals surface area contributed by atoms with Crippen molar-refractivity contribution in [3.8, 4) is 0 Å². The van der Waals surface area contributed by atoms with Crippen LogP contribution in [0.2, 0.25) is 0 Å². The first-order valence-corrected chi connectivity index (χ1v) is 9.53. The molecule has 0 unspecified atom stereocenters. The van der Waals surface area contributed by atoms with Crippen molar-refractivity contribution in [3.63, 3.8) is 0 Å². The molecule has 0 saturated carbocycles. The number of hydrogen-bond donors (Lipinski definition) is 2. The summed E-state index contributed by atoms with van der Waals surface area (Å²) in [5, 5.41) is 2.70. The number of rotatable bonds is 10. The van der Waals surface area contributed by atoms with Crippen molar-refractivity contribution < 1.29 is 19.1 Å². The Morgan fingerprint density at radius 2 is 1.56 bits per heavy atom. The lowest BCUT2D eigenvalue weighted by Crippen LogP contribution is -2.45. The lowest BCUT2D eigenvalue weighted by Gasteiger charge is -2.20. The summed E-state index contributed by atoms with van der Waals surface area (Å²) < 4.78 is 4.92. The first kappa shape index (κ1) is 22.8. The fourth-order valence-electron chi connectivity index (χ4n) is 2.70. The van der Waals surface area contributed by atoms with Gasteiger partial charge in [0.2, 0.25) is 5.91 Å². The summed E-state index contributed by atoms with van der Waals surface area (Å²) in [6.45, 7) is 7.73. The van der Waals surface area contributed by atoms with E-state index in [0.717, 1.165) is 5.56 Å². The van der Waals surface area contributed by atoms with Crippen LogP contribution in [-0.2, 0) is 25.5 Å². The number of aryl methyl sites for hydroxylation is 1. The van der Waals surface area contributed by atoms with Crippen LogP contribution in [0.25, 0.3) is 0 Å². The van der Waals surface area contributed by atoms with Gasteiger partial charge in [-0.1, -0.05) is 58.0 Å². The van der Waals surface area contributed by atoms with Crippen LogP contribution < -0.4 is 11.1 Å². The number of ether oxygens (including phenoxy) is 1. The molecule has 0 saturated heterocycles. The van der Waals surface area contributed by atoms with Gasteiger partial charge in [-0.2, -0.15) is 0 Å². The van der Waals surface area contributed by atoms with E-state index in [1.165, 1.54) is 0 Å². The van der Waals surface area contributed by atoms with Crippen molar-refractivity contribution in [2.45, 2.75) is 65.5 Å². The van der Waals surface area contributed by atoms with Crippen LogP contribution in [0, 0.1) is 11.8 Å².